The Labute approximate surface area is 154 Å². The molecule has 0 fully saturated rings. The number of rotatable bonds is 2. The Morgan fingerprint density at radius 3 is 2.40 bits per heavy atom. The molecule has 1 aromatic carbocycles. The van der Waals surface area contributed by atoms with Crippen LogP contribution >= 0.6 is 34.2 Å². The van der Waals surface area contributed by atoms with Gasteiger partial charge in [-0.25, -0.2) is 0 Å². The summed E-state index contributed by atoms with van der Waals surface area (Å²) in [6.45, 7) is 0. The summed E-state index contributed by atoms with van der Waals surface area (Å²) in [5, 5.41) is 15.1. The van der Waals surface area contributed by atoms with Crippen molar-refractivity contribution in [2.24, 2.45) is 0 Å². The van der Waals surface area contributed by atoms with E-state index >= 15 is 0 Å². The number of aromatic nitrogens is 2. The summed E-state index contributed by atoms with van der Waals surface area (Å²) in [6, 6.07) is 6.21. The fourth-order valence-electron chi connectivity index (χ4n) is 1.42. The maximum Gasteiger partial charge on any atom is 1.00 e. The quantitative estimate of drug-likeness (QED) is 0.431. The first kappa shape index (κ1) is 17.4. The third-order valence-corrected chi connectivity index (χ3v) is 3.63. The number of benzene rings is 1. The molecule has 2 N–H and O–H groups in total. The summed E-state index contributed by atoms with van der Waals surface area (Å²) in [7, 11) is 0. The van der Waals surface area contributed by atoms with Crippen LogP contribution in [0.2, 0.25) is 5.02 Å². The van der Waals surface area contributed by atoms with Crippen molar-refractivity contribution in [3.8, 4) is 5.69 Å². The van der Waals surface area contributed by atoms with Crippen molar-refractivity contribution in [2.45, 2.75) is 0 Å². The topological polar surface area (TPSA) is 101 Å². The number of carbonyl (C=O) groups excluding carboxylic acids is 1. The number of carboxylic acids is 1. The molecule has 1 heterocycles. The van der Waals surface area contributed by atoms with Gasteiger partial charge in [0.1, 0.15) is 9.26 Å². The number of carbonyl (C=O) groups is 1. The molecular weight excluding hydrogens is 407 g/mol. The average molecular weight is 414 g/mol. The number of hydrogen-bond acceptors (Lipinski definition) is 5. The second kappa shape index (κ2) is 6.90. The van der Waals surface area contributed by atoms with Gasteiger partial charge in [-0.3, -0.25) is 4.79 Å². The molecule has 0 unspecified atom stereocenters. The van der Waals surface area contributed by atoms with Crippen molar-refractivity contribution in [3.05, 3.63) is 48.9 Å². The number of carboxylic acid groups (broad SMARTS) is 1. The molecule has 0 saturated carbocycles. The van der Waals surface area contributed by atoms with Crippen molar-refractivity contribution < 1.29 is 39.5 Å². The van der Waals surface area contributed by atoms with Crippen molar-refractivity contribution in [3.63, 3.8) is 0 Å². The zero-order chi connectivity index (χ0) is 14.2. The molecule has 0 radical (unpaired) electrons. The van der Waals surface area contributed by atoms with Crippen molar-refractivity contribution in [2.75, 3.05) is 5.73 Å². The minimum atomic E-state index is -1.54. The van der Waals surface area contributed by atoms with Crippen molar-refractivity contribution in [1.82, 2.24) is 9.78 Å². The molecule has 98 valence electrons. The van der Waals surface area contributed by atoms with Crippen LogP contribution in [0, 0.1) is 3.57 Å². The van der Waals surface area contributed by atoms with Crippen LogP contribution in [0.15, 0.2) is 29.1 Å². The first-order valence-electron chi connectivity index (χ1n) is 4.97. The molecule has 20 heavy (non-hydrogen) atoms. The molecule has 0 saturated heterocycles. The number of hydrogen-bond donors (Lipinski definition) is 1. The van der Waals surface area contributed by atoms with E-state index in [0.717, 1.165) is 4.68 Å². The van der Waals surface area contributed by atoms with Gasteiger partial charge < -0.3 is 15.6 Å². The van der Waals surface area contributed by atoms with Gasteiger partial charge in [0, 0.05) is 5.02 Å². The van der Waals surface area contributed by atoms with E-state index in [0.29, 0.717) is 10.7 Å². The summed E-state index contributed by atoms with van der Waals surface area (Å²) in [6.07, 6.45) is 0. The standard InChI is InChI=1S/C11H7ClIN3O3.Na/c12-5-1-3-6(4-2-5)16-10(17)7(13)8(14)9(15-16)11(18)19;/h1-4H,14H2,(H,18,19);/q;+1/p-1. The van der Waals surface area contributed by atoms with Gasteiger partial charge in [-0.15, -0.1) is 0 Å². The van der Waals surface area contributed by atoms with Gasteiger partial charge in [-0.05, 0) is 46.9 Å². The fraction of sp³-hybridized carbons (Fsp3) is 0. The van der Waals surface area contributed by atoms with E-state index < -0.39 is 17.2 Å². The first-order chi connectivity index (χ1) is 8.91. The average Bonchev–Trinajstić information content (AvgIpc) is 2.37. The molecule has 0 atom stereocenters. The molecule has 2 rings (SSSR count). The Bertz CT molecular complexity index is 718. The largest absolute Gasteiger partial charge is 1.00 e. The second-order valence-corrected chi connectivity index (χ2v) is 5.07. The number of nitrogens with two attached hydrogens (primary N) is 1. The SMILES string of the molecule is Nc1c(C(=O)[O-])nn(-c2ccc(Cl)cc2)c(=O)c1I.[Na+]. The Hall–Kier alpha value is -0.610. The minimum Gasteiger partial charge on any atom is -0.543 e. The van der Waals surface area contributed by atoms with Crippen LogP contribution in [0.25, 0.3) is 5.69 Å². The third kappa shape index (κ3) is 3.34. The Morgan fingerprint density at radius 2 is 1.90 bits per heavy atom. The third-order valence-electron chi connectivity index (χ3n) is 2.34. The molecule has 0 aliphatic rings. The smallest absolute Gasteiger partial charge is 0.543 e. The molecule has 9 heteroatoms. The number of anilines is 1. The van der Waals surface area contributed by atoms with Gasteiger partial charge in [-0.1, -0.05) is 11.6 Å². The van der Waals surface area contributed by atoms with Crippen molar-refractivity contribution in [1.29, 1.82) is 0 Å². The van der Waals surface area contributed by atoms with Crippen LogP contribution < -0.4 is 46.0 Å². The molecule has 0 amide bonds. The number of halogens is 2. The zero-order valence-electron chi connectivity index (χ0n) is 10.3. The monoisotopic (exact) mass is 413 g/mol. The van der Waals surface area contributed by atoms with E-state index in [1.54, 1.807) is 46.9 Å². The van der Waals surface area contributed by atoms with E-state index in [4.69, 9.17) is 17.3 Å². The van der Waals surface area contributed by atoms with E-state index in [1.165, 1.54) is 0 Å². The second-order valence-electron chi connectivity index (χ2n) is 3.56. The van der Waals surface area contributed by atoms with Crippen LogP contribution in [0.5, 0.6) is 0 Å². The van der Waals surface area contributed by atoms with Gasteiger partial charge in [0.15, 0.2) is 0 Å². The summed E-state index contributed by atoms with van der Waals surface area (Å²) >= 11 is 7.42. The minimum absolute atomic E-state index is 0. The van der Waals surface area contributed by atoms with E-state index in [-0.39, 0.29) is 38.8 Å². The first-order valence-corrected chi connectivity index (χ1v) is 6.43. The Balaban J connectivity index is 0.00000200. The van der Waals surface area contributed by atoms with Crippen LogP contribution in [0.1, 0.15) is 10.5 Å². The van der Waals surface area contributed by atoms with Gasteiger partial charge in [-0.2, -0.15) is 9.78 Å². The maximum absolute atomic E-state index is 12.0. The Kier molecular flexibility index (Phi) is 6.02. The van der Waals surface area contributed by atoms with E-state index in [9.17, 15) is 14.7 Å². The summed E-state index contributed by atoms with van der Waals surface area (Å²) in [4.78, 5) is 22.9. The van der Waals surface area contributed by atoms with Gasteiger partial charge in [0.05, 0.1) is 17.3 Å². The Morgan fingerprint density at radius 1 is 1.35 bits per heavy atom. The van der Waals surface area contributed by atoms with E-state index in [1.807, 2.05) is 0 Å². The number of aromatic carboxylic acids is 1. The summed E-state index contributed by atoms with van der Waals surface area (Å²) in [5.41, 5.74) is 4.73. The van der Waals surface area contributed by atoms with Gasteiger partial charge in [0.25, 0.3) is 5.56 Å². The van der Waals surface area contributed by atoms with Gasteiger partial charge >= 0.3 is 29.6 Å². The molecule has 6 nitrogen and oxygen atoms in total. The molecule has 0 bridgehead atoms. The molecule has 1 aromatic heterocycles. The molecule has 2 aromatic rings. The normalized spacial score (nSPS) is 9.90. The van der Waals surface area contributed by atoms with Crippen LogP contribution in [0.3, 0.4) is 0 Å². The van der Waals surface area contributed by atoms with E-state index in [2.05, 4.69) is 5.10 Å². The van der Waals surface area contributed by atoms with Crippen molar-refractivity contribution >= 4 is 45.8 Å². The molecular formula is C11H6ClIN3NaO3. The molecule has 0 aliphatic carbocycles. The number of nitrogens with zero attached hydrogens (tertiary/aromatic N) is 2. The van der Waals surface area contributed by atoms with Gasteiger partial charge in [0.2, 0.25) is 0 Å². The zero-order valence-corrected chi connectivity index (χ0v) is 15.2. The van der Waals surface area contributed by atoms with Crippen LogP contribution in [-0.4, -0.2) is 15.7 Å². The predicted molar refractivity (Wildman–Crippen MR) is 76.3 cm³/mol. The predicted octanol–water partition coefficient (Wildman–Crippen LogP) is -2.56. The number of nitrogen functional groups attached to an aromatic ring is 1. The molecule has 0 aliphatic heterocycles. The van der Waals surface area contributed by atoms with Crippen LogP contribution in [0.4, 0.5) is 5.69 Å². The summed E-state index contributed by atoms with van der Waals surface area (Å²) in [5.74, 6) is -1.54. The maximum atomic E-state index is 12.0. The fourth-order valence-corrected chi connectivity index (χ4v) is 2.03. The van der Waals surface area contributed by atoms with Crippen LogP contribution in [-0.2, 0) is 0 Å². The summed E-state index contributed by atoms with van der Waals surface area (Å²) < 4.78 is 1.02. The molecule has 0 spiro atoms.